The molecule has 0 unspecified atom stereocenters. The molecule has 6 heteroatoms. The molecule has 1 aliphatic rings. The highest BCUT2D eigenvalue weighted by Crippen LogP contribution is 2.33. The first-order chi connectivity index (χ1) is 11.5. The zero-order valence-electron chi connectivity index (χ0n) is 13.4. The van der Waals surface area contributed by atoms with Crippen LogP contribution in [0.25, 0.3) is 0 Å². The van der Waals surface area contributed by atoms with Crippen molar-refractivity contribution < 1.29 is 17.9 Å². The van der Waals surface area contributed by atoms with Crippen molar-refractivity contribution in [2.24, 2.45) is 0 Å². The average molecular weight is 345 g/mol. The third-order valence-electron chi connectivity index (χ3n) is 4.14. The summed E-state index contributed by atoms with van der Waals surface area (Å²) in [4.78, 5) is 12.1. The Balaban J connectivity index is 1.89. The smallest absolute Gasteiger partial charge is 0.235 e. The minimum atomic E-state index is -3.52. The van der Waals surface area contributed by atoms with E-state index in [0.29, 0.717) is 23.4 Å². The van der Waals surface area contributed by atoms with Crippen LogP contribution in [0.4, 0.5) is 5.69 Å². The Morgan fingerprint density at radius 1 is 1.12 bits per heavy atom. The second kappa shape index (κ2) is 6.65. The molecule has 24 heavy (non-hydrogen) atoms. The van der Waals surface area contributed by atoms with Crippen molar-refractivity contribution in [3.63, 3.8) is 0 Å². The van der Waals surface area contributed by atoms with Crippen molar-refractivity contribution in [2.45, 2.75) is 12.8 Å². The average Bonchev–Trinajstić information content (AvgIpc) is 2.60. The summed E-state index contributed by atoms with van der Waals surface area (Å²) in [5, 5.41) is 0. The van der Waals surface area contributed by atoms with Crippen LogP contribution in [0.1, 0.15) is 22.3 Å². The van der Waals surface area contributed by atoms with Gasteiger partial charge in [0, 0.05) is 24.6 Å². The topological polar surface area (TPSA) is 63.7 Å². The molecule has 2 aromatic carbocycles. The normalized spacial score (nSPS) is 14.4. The molecule has 0 atom stereocenters. The Morgan fingerprint density at radius 2 is 1.88 bits per heavy atom. The maximum atomic E-state index is 12.8. The van der Waals surface area contributed by atoms with Crippen LogP contribution in [0.2, 0.25) is 0 Å². The van der Waals surface area contributed by atoms with Crippen LogP contribution >= 0.6 is 0 Å². The van der Waals surface area contributed by atoms with Gasteiger partial charge in [-0.15, -0.1) is 0 Å². The number of ketones is 1. The number of Topliss-reactive ketones (excluding diaryl/α,β-unsaturated/α-hetero) is 1. The SMILES string of the molecule is COc1ccc2c(c1)N(S(=O)(=O)CCc1ccccc1)CCC2=O. The molecule has 2 aromatic rings. The maximum absolute atomic E-state index is 12.8. The highest BCUT2D eigenvalue weighted by molar-refractivity contribution is 7.92. The summed E-state index contributed by atoms with van der Waals surface area (Å²) in [5.41, 5.74) is 1.82. The van der Waals surface area contributed by atoms with E-state index < -0.39 is 10.0 Å². The molecule has 126 valence electrons. The summed E-state index contributed by atoms with van der Waals surface area (Å²) < 4.78 is 32.1. The quantitative estimate of drug-likeness (QED) is 0.836. The van der Waals surface area contributed by atoms with Crippen LogP contribution < -0.4 is 9.04 Å². The number of anilines is 1. The van der Waals surface area contributed by atoms with Crippen molar-refractivity contribution in [3.8, 4) is 5.75 Å². The van der Waals surface area contributed by atoms with E-state index in [1.165, 1.54) is 11.4 Å². The number of rotatable bonds is 5. The number of hydrogen-bond acceptors (Lipinski definition) is 4. The summed E-state index contributed by atoms with van der Waals surface area (Å²) in [6, 6.07) is 14.4. The van der Waals surface area contributed by atoms with Gasteiger partial charge in [-0.05, 0) is 24.1 Å². The molecule has 1 aliphatic heterocycles. The number of fused-ring (bicyclic) bond motifs is 1. The Morgan fingerprint density at radius 3 is 2.58 bits per heavy atom. The van der Waals surface area contributed by atoms with Gasteiger partial charge >= 0.3 is 0 Å². The van der Waals surface area contributed by atoms with Crippen LogP contribution in [0.15, 0.2) is 48.5 Å². The Kier molecular flexibility index (Phi) is 4.57. The van der Waals surface area contributed by atoms with Crippen LogP contribution in [0.5, 0.6) is 5.75 Å². The van der Waals surface area contributed by atoms with E-state index in [1.54, 1.807) is 18.2 Å². The number of sulfonamides is 1. The molecule has 0 fully saturated rings. The van der Waals surface area contributed by atoms with Crippen molar-refractivity contribution in [1.82, 2.24) is 0 Å². The van der Waals surface area contributed by atoms with Crippen molar-refractivity contribution >= 4 is 21.5 Å². The first-order valence-corrected chi connectivity index (χ1v) is 9.38. The lowest BCUT2D eigenvalue weighted by Gasteiger charge is -2.30. The number of hydrogen-bond donors (Lipinski definition) is 0. The van der Waals surface area contributed by atoms with Gasteiger partial charge in [0.1, 0.15) is 5.75 Å². The Bertz CT molecular complexity index is 847. The second-order valence-electron chi connectivity index (χ2n) is 5.68. The van der Waals surface area contributed by atoms with Gasteiger partial charge < -0.3 is 4.74 Å². The van der Waals surface area contributed by atoms with Crippen molar-refractivity contribution in [2.75, 3.05) is 23.7 Å². The molecule has 0 aliphatic carbocycles. The van der Waals surface area contributed by atoms with Gasteiger partial charge in [-0.2, -0.15) is 0 Å². The van der Waals surface area contributed by atoms with Gasteiger partial charge in [0.15, 0.2) is 5.78 Å². The van der Waals surface area contributed by atoms with Gasteiger partial charge in [0.05, 0.1) is 18.6 Å². The zero-order valence-corrected chi connectivity index (χ0v) is 14.3. The van der Waals surface area contributed by atoms with Crippen LogP contribution in [-0.2, 0) is 16.4 Å². The maximum Gasteiger partial charge on any atom is 0.235 e. The van der Waals surface area contributed by atoms with E-state index >= 15 is 0 Å². The monoisotopic (exact) mass is 345 g/mol. The molecule has 0 saturated heterocycles. The minimum absolute atomic E-state index is 0.00184. The molecule has 3 rings (SSSR count). The minimum Gasteiger partial charge on any atom is -0.497 e. The third kappa shape index (κ3) is 3.28. The fourth-order valence-electron chi connectivity index (χ4n) is 2.83. The van der Waals surface area contributed by atoms with E-state index in [-0.39, 0.29) is 24.5 Å². The predicted octanol–water partition coefficient (Wildman–Crippen LogP) is 2.66. The van der Waals surface area contributed by atoms with E-state index in [2.05, 4.69) is 0 Å². The lowest BCUT2D eigenvalue weighted by molar-refractivity contribution is 0.0982. The molecular formula is C18H19NO4S. The fourth-order valence-corrected chi connectivity index (χ4v) is 4.36. The summed E-state index contributed by atoms with van der Waals surface area (Å²) in [6.07, 6.45) is 0.636. The molecule has 0 amide bonds. The standard InChI is InChI=1S/C18H19NO4S/c1-23-15-7-8-16-17(13-15)19(11-9-18(16)20)24(21,22)12-10-14-5-3-2-4-6-14/h2-8,13H,9-12H2,1H3. The van der Waals surface area contributed by atoms with E-state index in [1.807, 2.05) is 30.3 Å². The number of carbonyl (C=O) groups excluding carboxylic acids is 1. The summed E-state index contributed by atoms with van der Waals surface area (Å²) in [6.45, 7) is 0.177. The molecule has 0 saturated carbocycles. The Labute approximate surface area is 141 Å². The number of carbonyl (C=O) groups is 1. The van der Waals surface area contributed by atoms with E-state index in [4.69, 9.17) is 4.74 Å². The Hall–Kier alpha value is -2.34. The molecule has 0 N–H and O–H groups in total. The number of benzene rings is 2. The number of ether oxygens (including phenoxy) is 1. The molecule has 0 radical (unpaired) electrons. The molecule has 0 bridgehead atoms. The highest BCUT2D eigenvalue weighted by atomic mass is 32.2. The largest absolute Gasteiger partial charge is 0.497 e. The molecule has 1 heterocycles. The summed E-state index contributed by atoms with van der Waals surface area (Å²) >= 11 is 0. The van der Waals surface area contributed by atoms with Crippen LogP contribution in [0, 0.1) is 0 Å². The van der Waals surface area contributed by atoms with Crippen molar-refractivity contribution in [1.29, 1.82) is 0 Å². The summed E-state index contributed by atoms with van der Waals surface area (Å²) in [7, 11) is -2.00. The predicted molar refractivity (Wildman–Crippen MR) is 93.2 cm³/mol. The van der Waals surface area contributed by atoms with Crippen LogP contribution in [-0.4, -0.2) is 33.6 Å². The number of methoxy groups -OCH3 is 1. The first-order valence-electron chi connectivity index (χ1n) is 7.77. The van der Waals surface area contributed by atoms with Gasteiger partial charge in [-0.1, -0.05) is 30.3 Å². The van der Waals surface area contributed by atoms with Gasteiger partial charge in [0.2, 0.25) is 10.0 Å². The first kappa shape index (κ1) is 16.5. The van der Waals surface area contributed by atoms with Gasteiger partial charge in [0.25, 0.3) is 0 Å². The molecular weight excluding hydrogens is 326 g/mol. The van der Waals surface area contributed by atoms with E-state index in [9.17, 15) is 13.2 Å². The zero-order chi connectivity index (χ0) is 17.2. The van der Waals surface area contributed by atoms with Gasteiger partial charge in [-0.3, -0.25) is 9.10 Å². The highest BCUT2D eigenvalue weighted by Gasteiger charge is 2.31. The van der Waals surface area contributed by atoms with Gasteiger partial charge in [-0.25, -0.2) is 8.42 Å². The number of nitrogens with zero attached hydrogens (tertiary/aromatic N) is 1. The van der Waals surface area contributed by atoms with Crippen LogP contribution in [0.3, 0.4) is 0 Å². The lowest BCUT2D eigenvalue weighted by atomic mass is 10.0. The second-order valence-corrected chi connectivity index (χ2v) is 7.69. The van der Waals surface area contributed by atoms with Crippen molar-refractivity contribution in [3.05, 3.63) is 59.7 Å². The number of aryl methyl sites for hydroxylation is 1. The summed E-state index contributed by atoms with van der Waals surface area (Å²) in [5.74, 6) is 0.496. The van der Waals surface area contributed by atoms with E-state index in [0.717, 1.165) is 5.56 Å². The molecule has 0 spiro atoms. The third-order valence-corrected chi connectivity index (χ3v) is 5.91. The fraction of sp³-hybridized carbons (Fsp3) is 0.278. The lowest BCUT2D eigenvalue weighted by Crippen LogP contribution is -2.39. The molecule has 0 aromatic heterocycles. The molecule has 5 nitrogen and oxygen atoms in total.